The molecule has 1 aromatic carbocycles. The molecule has 4 N–H and O–H groups in total. The van der Waals surface area contributed by atoms with Crippen molar-refractivity contribution in [2.75, 3.05) is 18.9 Å². The second-order valence-electron chi connectivity index (χ2n) is 3.81. The maximum Gasteiger partial charge on any atom is 0.250 e. The third-order valence-corrected chi connectivity index (χ3v) is 2.68. The minimum atomic E-state index is -0.619. The number of benzene rings is 1. The van der Waals surface area contributed by atoms with Gasteiger partial charge in [0.05, 0.1) is 10.6 Å². The zero-order valence-electron chi connectivity index (χ0n) is 10.1. The quantitative estimate of drug-likeness (QED) is 0.682. The molecule has 0 saturated heterocycles. The normalized spacial score (nSPS) is 10.1. The van der Waals surface area contributed by atoms with Gasteiger partial charge in [0.15, 0.2) is 0 Å². The van der Waals surface area contributed by atoms with E-state index in [2.05, 4.69) is 10.6 Å². The Morgan fingerprint density at radius 2 is 2.11 bits per heavy atom. The summed E-state index contributed by atoms with van der Waals surface area (Å²) in [6.45, 7) is 0.778. The van der Waals surface area contributed by atoms with Crippen molar-refractivity contribution in [1.82, 2.24) is 5.32 Å². The Morgan fingerprint density at radius 3 is 2.72 bits per heavy atom. The van der Waals surface area contributed by atoms with Crippen molar-refractivity contribution in [2.24, 2.45) is 5.73 Å². The summed E-state index contributed by atoms with van der Waals surface area (Å²) in [5.74, 6) is -0.728. The van der Waals surface area contributed by atoms with Gasteiger partial charge in [-0.25, -0.2) is 0 Å². The lowest BCUT2D eigenvalue weighted by molar-refractivity contribution is -0.116. The van der Waals surface area contributed by atoms with Crippen molar-refractivity contribution >= 4 is 29.1 Å². The first-order chi connectivity index (χ1) is 8.54. The highest BCUT2D eigenvalue weighted by molar-refractivity contribution is 6.33. The highest BCUT2D eigenvalue weighted by atomic mass is 35.5. The van der Waals surface area contributed by atoms with Crippen LogP contribution in [0.1, 0.15) is 23.2 Å². The Hall–Kier alpha value is -1.59. The molecule has 0 aliphatic carbocycles. The van der Waals surface area contributed by atoms with Crippen molar-refractivity contribution in [1.29, 1.82) is 0 Å². The number of nitrogens with two attached hydrogens (primary N) is 1. The first kappa shape index (κ1) is 14.5. The number of primary amides is 1. The van der Waals surface area contributed by atoms with Gasteiger partial charge in [-0.05, 0) is 38.2 Å². The van der Waals surface area contributed by atoms with E-state index in [0.29, 0.717) is 12.1 Å². The minimum Gasteiger partial charge on any atom is -0.366 e. The smallest absolute Gasteiger partial charge is 0.250 e. The average Bonchev–Trinajstić information content (AvgIpc) is 2.31. The van der Waals surface area contributed by atoms with Crippen LogP contribution < -0.4 is 16.4 Å². The zero-order valence-corrected chi connectivity index (χ0v) is 10.9. The molecule has 0 spiro atoms. The Labute approximate surface area is 111 Å². The molecule has 0 aliphatic heterocycles. The third kappa shape index (κ3) is 4.35. The molecule has 0 aliphatic rings. The van der Waals surface area contributed by atoms with Crippen LogP contribution in [0, 0.1) is 0 Å². The maximum absolute atomic E-state index is 11.6. The molecule has 0 aromatic heterocycles. The first-order valence-corrected chi connectivity index (χ1v) is 5.96. The van der Waals surface area contributed by atoms with Gasteiger partial charge < -0.3 is 16.4 Å². The van der Waals surface area contributed by atoms with Crippen molar-refractivity contribution in [3.05, 3.63) is 28.8 Å². The van der Waals surface area contributed by atoms with Crippen LogP contribution in [0.4, 0.5) is 5.69 Å². The van der Waals surface area contributed by atoms with Gasteiger partial charge in [0, 0.05) is 12.1 Å². The highest BCUT2D eigenvalue weighted by Crippen LogP contribution is 2.20. The number of hydrogen-bond donors (Lipinski definition) is 3. The molecule has 2 amide bonds. The molecule has 6 heteroatoms. The predicted octanol–water partition coefficient (Wildman–Crippen LogP) is 1.38. The summed E-state index contributed by atoms with van der Waals surface area (Å²) < 4.78 is 0. The second-order valence-corrected chi connectivity index (χ2v) is 4.22. The summed E-state index contributed by atoms with van der Waals surface area (Å²) in [5, 5.41) is 5.92. The Balaban J connectivity index is 2.65. The average molecular weight is 270 g/mol. The summed E-state index contributed by atoms with van der Waals surface area (Å²) in [7, 11) is 1.83. The number of rotatable bonds is 6. The van der Waals surface area contributed by atoms with E-state index in [1.54, 1.807) is 6.07 Å². The van der Waals surface area contributed by atoms with E-state index in [1.807, 2.05) is 7.05 Å². The molecular formula is C12H16ClN3O2. The van der Waals surface area contributed by atoms with E-state index in [-0.39, 0.29) is 16.5 Å². The van der Waals surface area contributed by atoms with Crippen LogP contribution >= 0.6 is 11.6 Å². The van der Waals surface area contributed by atoms with Gasteiger partial charge in [-0.2, -0.15) is 0 Å². The number of anilines is 1. The Bertz CT molecular complexity index is 449. The fourth-order valence-electron chi connectivity index (χ4n) is 1.44. The van der Waals surface area contributed by atoms with Crippen LogP contribution in [-0.4, -0.2) is 25.4 Å². The summed E-state index contributed by atoms with van der Waals surface area (Å²) in [6.07, 6.45) is 1.16. The molecule has 1 rings (SSSR count). The number of carbonyl (C=O) groups excluding carboxylic acids is 2. The van der Waals surface area contributed by atoms with Crippen molar-refractivity contribution < 1.29 is 9.59 Å². The predicted molar refractivity (Wildman–Crippen MR) is 71.8 cm³/mol. The van der Waals surface area contributed by atoms with E-state index in [9.17, 15) is 9.59 Å². The van der Waals surface area contributed by atoms with Crippen molar-refractivity contribution in [2.45, 2.75) is 12.8 Å². The Kier molecular flexibility index (Phi) is 5.61. The van der Waals surface area contributed by atoms with E-state index in [1.165, 1.54) is 12.1 Å². The standard InChI is InChI=1S/C12H16ClN3O2/c1-15-6-2-3-11(17)16-8-4-5-10(13)9(7-8)12(14)18/h4-5,7,15H,2-3,6H2,1H3,(H2,14,18)(H,16,17). The van der Waals surface area contributed by atoms with Gasteiger partial charge in [0.1, 0.15) is 0 Å². The fraction of sp³-hybridized carbons (Fsp3) is 0.333. The van der Waals surface area contributed by atoms with E-state index in [4.69, 9.17) is 17.3 Å². The van der Waals surface area contributed by atoms with Crippen LogP contribution in [0.2, 0.25) is 5.02 Å². The lowest BCUT2D eigenvalue weighted by Gasteiger charge is -2.07. The summed E-state index contributed by atoms with van der Waals surface area (Å²) in [4.78, 5) is 22.7. The van der Waals surface area contributed by atoms with Crippen molar-refractivity contribution in [3.63, 3.8) is 0 Å². The molecule has 0 saturated carbocycles. The van der Waals surface area contributed by atoms with Gasteiger partial charge in [0.25, 0.3) is 0 Å². The van der Waals surface area contributed by atoms with Gasteiger partial charge in [0.2, 0.25) is 11.8 Å². The lowest BCUT2D eigenvalue weighted by Crippen LogP contribution is -2.16. The molecule has 0 heterocycles. The van der Waals surface area contributed by atoms with Crippen molar-refractivity contribution in [3.8, 4) is 0 Å². The van der Waals surface area contributed by atoms with Crippen LogP contribution in [-0.2, 0) is 4.79 Å². The molecule has 0 fully saturated rings. The van der Waals surface area contributed by atoms with Gasteiger partial charge in [-0.3, -0.25) is 9.59 Å². The number of hydrogen-bond acceptors (Lipinski definition) is 3. The molecule has 0 radical (unpaired) electrons. The fourth-order valence-corrected chi connectivity index (χ4v) is 1.65. The zero-order chi connectivity index (χ0) is 13.5. The summed E-state index contributed by atoms with van der Waals surface area (Å²) >= 11 is 5.81. The van der Waals surface area contributed by atoms with Crippen LogP contribution in [0.25, 0.3) is 0 Å². The molecule has 5 nitrogen and oxygen atoms in total. The molecular weight excluding hydrogens is 254 g/mol. The SMILES string of the molecule is CNCCCC(=O)Nc1ccc(Cl)c(C(N)=O)c1. The molecule has 0 unspecified atom stereocenters. The number of amides is 2. The molecule has 0 bridgehead atoms. The largest absolute Gasteiger partial charge is 0.366 e. The highest BCUT2D eigenvalue weighted by Gasteiger charge is 2.09. The van der Waals surface area contributed by atoms with E-state index in [0.717, 1.165) is 13.0 Å². The topological polar surface area (TPSA) is 84.2 Å². The summed E-state index contributed by atoms with van der Waals surface area (Å²) in [5.41, 5.74) is 5.88. The number of halogens is 1. The monoisotopic (exact) mass is 269 g/mol. The minimum absolute atomic E-state index is 0.108. The van der Waals surface area contributed by atoms with Crippen LogP contribution in [0.5, 0.6) is 0 Å². The first-order valence-electron chi connectivity index (χ1n) is 5.58. The molecule has 98 valence electrons. The van der Waals surface area contributed by atoms with Gasteiger partial charge in [-0.15, -0.1) is 0 Å². The maximum atomic E-state index is 11.6. The number of nitrogens with one attached hydrogen (secondary N) is 2. The molecule has 1 aromatic rings. The van der Waals surface area contributed by atoms with Crippen LogP contribution in [0.3, 0.4) is 0 Å². The Morgan fingerprint density at radius 1 is 1.39 bits per heavy atom. The number of carbonyl (C=O) groups is 2. The van der Waals surface area contributed by atoms with Crippen LogP contribution in [0.15, 0.2) is 18.2 Å². The second kappa shape index (κ2) is 6.98. The van der Waals surface area contributed by atoms with Gasteiger partial charge >= 0.3 is 0 Å². The van der Waals surface area contributed by atoms with E-state index < -0.39 is 5.91 Å². The summed E-state index contributed by atoms with van der Waals surface area (Å²) in [6, 6.07) is 4.64. The lowest BCUT2D eigenvalue weighted by atomic mass is 10.2. The van der Waals surface area contributed by atoms with Gasteiger partial charge in [-0.1, -0.05) is 11.6 Å². The molecule has 18 heavy (non-hydrogen) atoms. The molecule has 0 atom stereocenters. The van der Waals surface area contributed by atoms with E-state index >= 15 is 0 Å². The third-order valence-electron chi connectivity index (χ3n) is 2.35.